The number of thiophene rings is 1. The van der Waals surface area contributed by atoms with Crippen molar-refractivity contribution in [3.63, 3.8) is 0 Å². The molecule has 0 unspecified atom stereocenters. The fraction of sp³-hybridized carbons (Fsp3) is 0.250. The second kappa shape index (κ2) is 3.77. The minimum Gasteiger partial charge on any atom is -0.495 e. The highest BCUT2D eigenvalue weighted by atomic mass is 32.1. The largest absolute Gasteiger partial charge is 0.495 e. The summed E-state index contributed by atoms with van der Waals surface area (Å²) in [6.45, 7) is 0.275. The Labute approximate surface area is 84.5 Å². The quantitative estimate of drug-likeness (QED) is 0.827. The van der Waals surface area contributed by atoms with E-state index in [1.165, 1.54) is 11.3 Å². The highest BCUT2D eigenvalue weighted by Gasteiger charge is 2.14. The summed E-state index contributed by atoms with van der Waals surface area (Å²) in [5, 5.41) is 5.61. The molecule has 0 saturated carbocycles. The van der Waals surface area contributed by atoms with Gasteiger partial charge in [0.1, 0.15) is 10.6 Å². The zero-order valence-corrected chi connectivity index (χ0v) is 8.37. The van der Waals surface area contributed by atoms with Crippen molar-refractivity contribution in [2.24, 2.45) is 5.73 Å². The van der Waals surface area contributed by atoms with E-state index in [4.69, 9.17) is 15.0 Å². The molecule has 5 nitrogen and oxygen atoms in total. The predicted octanol–water partition coefficient (Wildman–Crippen LogP) is 1.27. The first-order chi connectivity index (χ1) is 6.85. The molecule has 0 aromatic carbocycles. The average molecular weight is 211 g/mol. The molecule has 2 aromatic rings. The van der Waals surface area contributed by atoms with Crippen molar-refractivity contribution in [3.8, 4) is 16.5 Å². The molecule has 74 valence electrons. The number of ether oxygens (including phenoxy) is 1. The summed E-state index contributed by atoms with van der Waals surface area (Å²) < 4.78 is 10.2. The first-order valence-electron chi connectivity index (χ1n) is 3.99. The number of methoxy groups -OCH3 is 1. The monoisotopic (exact) mass is 211 g/mol. The highest BCUT2D eigenvalue weighted by molar-refractivity contribution is 7.13. The lowest BCUT2D eigenvalue weighted by atomic mass is 10.4. The van der Waals surface area contributed by atoms with Crippen LogP contribution in [0.2, 0.25) is 0 Å². The first kappa shape index (κ1) is 9.17. The molecule has 0 atom stereocenters. The van der Waals surface area contributed by atoms with Crippen molar-refractivity contribution in [2.75, 3.05) is 7.11 Å². The molecular weight excluding hydrogens is 202 g/mol. The smallest absolute Gasteiger partial charge is 0.271 e. The van der Waals surface area contributed by atoms with Gasteiger partial charge in [-0.3, -0.25) is 0 Å². The Kier molecular flexibility index (Phi) is 2.47. The Bertz CT molecular complexity index is 424. The molecule has 0 radical (unpaired) electrons. The van der Waals surface area contributed by atoms with Gasteiger partial charge in [0.25, 0.3) is 5.89 Å². The van der Waals surface area contributed by atoms with E-state index in [1.54, 1.807) is 7.11 Å². The van der Waals surface area contributed by atoms with E-state index in [0.29, 0.717) is 11.7 Å². The maximum Gasteiger partial charge on any atom is 0.271 e. The van der Waals surface area contributed by atoms with Gasteiger partial charge in [0.15, 0.2) is 5.82 Å². The van der Waals surface area contributed by atoms with Crippen LogP contribution in [0.3, 0.4) is 0 Å². The summed E-state index contributed by atoms with van der Waals surface area (Å²) in [6.07, 6.45) is 0. The van der Waals surface area contributed by atoms with Crippen LogP contribution in [0, 0.1) is 0 Å². The summed E-state index contributed by atoms with van der Waals surface area (Å²) >= 11 is 1.49. The average Bonchev–Trinajstić information content (AvgIpc) is 2.85. The number of nitrogens with two attached hydrogens (primary N) is 1. The van der Waals surface area contributed by atoms with Crippen molar-refractivity contribution in [2.45, 2.75) is 6.54 Å². The first-order valence-corrected chi connectivity index (χ1v) is 4.87. The zero-order valence-electron chi connectivity index (χ0n) is 7.56. The molecular formula is C8H9N3O2S. The molecule has 0 amide bonds. The standard InChI is InChI=1S/C8H9N3O2S/c1-12-5-2-3-14-7(5)8-10-6(4-9)11-13-8/h2-3H,4,9H2,1H3. The number of aromatic nitrogens is 2. The minimum absolute atomic E-state index is 0.275. The molecule has 0 aliphatic carbocycles. The summed E-state index contributed by atoms with van der Waals surface area (Å²) in [7, 11) is 1.60. The fourth-order valence-electron chi connectivity index (χ4n) is 1.04. The molecule has 2 rings (SSSR count). The number of hydrogen-bond acceptors (Lipinski definition) is 6. The molecule has 0 saturated heterocycles. The number of nitrogens with zero attached hydrogens (tertiary/aromatic N) is 2. The Morgan fingerprint density at radius 1 is 1.64 bits per heavy atom. The van der Waals surface area contributed by atoms with Gasteiger partial charge in [0.2, 0.25) is 0 Å². The predicted molar refractivity (Wildman–Crippen MR) is 52.1 cm³/mol. The van der Waals surface area contributed by atoms with Gasteiger partial charge < -0.3 is 15.0 Å². The molecule has 0 spiro atoms. The van der Waals surface area contributed by atoms with E-state index in [1.807, 2.05) is 11.4 Å². The van der Waals surface area contributed by atoms with Gasteiger partial charge in [-0.25, -0.2) is 0 Å². The van der Waals surface area contributed by atoms with Crippen LogP contribution < -0.4 is 10.5 Å². The van der Waals surface area contributed by atoms with Crippen LogP contribution in [0.1, 0.15) is 5.82 Å². The van der Waals surface area contributed by atoms with Crippen molar-refractivity contribution in [3.05, 3.63) is 17.3 Å². The topological polar surface area (TPSA) is 74.2 Å². The second-order valence-corrected chi connectivity index (χ2v) is 3.45. The van der Waals surface area contributed by atoms with Gasteiger partial charge in [0.05, 0.1) is 13.7 Å². The van der Waals surface area contributed by atoms with E-state index in [-0.39, 0.29) is 6.54 Å². The van der Waals surface area contributed by atoms with Gasteiger partial charge in [-0.2, -0.15) is 4.98 Å². The van der Waals surface area contributed by atoms with E-state index in [9.17, 15) is 0 Å². The molecule has 2 aromatic heterocycles. The third kappa shape index (κ3) is 1.49. The van der Waals surface area contributed by atoms with Crippen LogP contribution in [0.5, 0.6) is 5.75 Å². The Morgan fingerprint density at radius 2 is 2.50 bits per heavy atom. The van der Waals surface area contributed by atoms with E-state index in [2.05, 4.69) is 10.1 Å². The summed E-state index contributed by atoms with van der Waals surface area (Å²) in [6, 6.07) is 1.85. The van der Waals surface area contributed by atoms with Crippen LogP contribution in [0.15, 0.2) is 16.0 Å². The lowest BCUT2D eigenvalue weighted by molar-refractivity contribution is 0.405. The molecule has 14 heavy (non-hydrogen) atoms. The molecule has 0 aliphatic heterocycles. The third-order valence-electron chi connectivity index (χ3n) is 1.69. The van der Waals surface area contributed by atoms with Crippen LogP contribution in [-0.4, -0.2) is 17.3 Å². The fourth-order valence-corrected chi connectivity index (χ4v) is 1.82. The molecule has 0 fully saturated rings. The van der Waals surface area contributed by atoms with Crippen LogP contribution >= 0.6 is 11.3 Å². The lowest BCUT2D eigenvalue weighted by Gasteiger charge is -1.95. The SMILES string of the molecule is COc1ccsc1-c1nc(CN)no1. The Morgan fingerprint density at radius 3 is 3.14 bits per heavy atom. The Balaban J connectivity index is 2.38. The van der Waals surface area contributed by atoms with Gasteiger partial charge in [-0.1, -0.05) is 5.16 Å². The molecule has 0 aliphatic rings. The van der Waals surface area contributed by atoms with Gasteiger partial charge in [-0.15, -0.1) is 11.3 Å². The molecule has 2 heterocycles. The van der Waals surface area contributed by atoms with Crippen molar-refractivity contribution >= 4 is 11.3 Å². The third-order valence-corrected chi connectivity index (χ3v) is 2.58. The van der Waals surface area contributed by atoms with Crippen LogP contribution in [-0.2, 0) is 6.54 Å². The van der Waals surface area contributed by atoms with E-state index in [0.717, 1.165) is 10.6 Å². The van der Waals surface area contributed by atoms with Crippen LogP contribution in [0.4, 0.5) is 0 Å². The number of hydrogen-bond donors (Lipinski definition) is 1. The van der Waals surface area contributed by atoms with Crippen LogP contribution in [0.25, 0.3) is 10.8 Å². The van der Waals surface area contributed by atoms with Crippen molar-refractivity contribution in [1.29, 1.82) is 0 Å². The molecule has 0 bridgehead atoms. The van der Waals surface area contributed by atoms with Gasteiger partial charge in [0, 0.05) is 0 Å². The maximum absolute atomic E-state index is 5.37. The van der Waals surface area contributed by atoms with Crippen molar-refractivity contribution in [1.82, 2.24) is 10.1 Å². The second-order valence-electron chi connectivity index (χ2n) is 2.54. The maximum atomic E-state index is 5.37. The summed E-state index contributed by atoms with van der Waals surface area (Å²) in [4.78, 5) is 4.94. The van der Waals surface area contributed by atoms with Gasteiger partial charge >= 0.3 is 0 Å². The normalized spacial score (nSPS) is 10.4. The van der Waals surface area contributed by atoms with Crippen molar-refractivity contribution < 1.29 is 9.26 Å². The molecule has 6 heteroatoms. The number of rotatable bonds is 3. The molecule has 2 N–H and O–H groups in total. The van der Waals surface area contributed by atoms with Gasteiger partial charge in [-0.05, 0) is 11.4 Å². The summed E-state index contributed by atoms with van der Waals surface area (Å²) in [5.41, 5.74) is 5.37. The van der Waals surface area contributed by atoms with E-state index < -0.39 is 0 Å². The zero-order chi connectivity index (χ0) is 9.97. The lowest BCUT2D eigenvalue weighted by Crippen LogP contribution is -1.97. The minimum atomic E-state index is 0.275. The van der Waals surface area contributed by atoms with E-state index >= 15 is 0 Å². The summed E-state index contributed by atoms with van der Waals surface area (Å²) in [5.74, 6) is 1.69. The highest BCUT2D eigenvalue weighted by Crippen LogP contribution is 2.33. The Hall–Kier alpha value is -1.40.